The van der Waals surface area contributed by atoms with Crippen molar-refractivity contribution in [3.8, 4) is 5.75 Å². The van der Waals surface area contributed by atoms with E-state index in [1.165, 1.54) is 6.42 Å². The summed E-state index contributed by atoms with van der Waals surface area (Å²) >= 11 is 0. The maximum Gasteiger partial charge on any atom is 0.270 e. The van der Waals surface area contributed by atoms with Crippen molar-refractivity contribution in [3.63, 3.8) is 0 Å². The minimum absolute atomic E-state index is 0.0953. The Morgan fingerprint density at radius 2 is 2.05 bits per heavy atom. The molecule has 0 saturated carbocycles. The molecule has 1 saturated heterocycles. The first-order chi connectivity index (χ1) is 9.29. The SMILES string of the molecule is COc1cccc2[nH]c(C(=O)N3CCCCC3)cc12. The third kappa shape index (κ3) is 2.18. The molecule has 3 rings (SSSR count). The zero-order chi connectivity index (χ0) is 13.2. The molecule has 1 aliphatic heterocycles. The van der Waals surface area contributed by atoms with Crippen LogP contribution in [0.1, 0.15) is 29.8 Å². The zero-order valence-corrected chi connectivity index (χ0v) is 11.1. The lowest BCUT2D eigenvalue weighted by molar-refractivity contribution is 0.0719. The smallest absolute Gasteiger partial charge is 0.270 e. The van der Waals surface area contributed by atoms with E-state index in [-0.39, 0.29) is 5.91 Å². The van der Waals surface area contributed by atoms with Crippen LogP contribution in [0.25, 0.3) is 10.9 Å². The number of carbonyl (C=O) groups is 1. The molecule has 0 bridgehead atoms. The molecule has 1 aliphatic rings. The van der Waals surface area contributed by atoms with Crippen LogP contribution < -0.4 is 4.74 Å². The van der Waals surface area contributed by atoms with Gasteiger partial charge in [-0.2, -0.15) is 0 Å². The van der Waals surface area contributed by atoms with Gasteiger partial charge in [-0.3, -0.25) is 4.79 Å². The fourth-order valence-electron chi connectivity index (χ4n) is 2.69. The second-order valence-corrected chi connectivity index (χ2v) is 4.96. The lowest BCUT2D eigenvalue weighted by Gasteiger charge is -2.26. The maximum atomic E-state index is 12.4. The molecule has 100 valence electrons. The van der Waals surface area contributed by atoms with Gasteiger partial charge in [0.25, 0.3) is 5.91 Å². The number of rotatable bonds is 2. The van der Waals surface area contributed by atoms with Crippen LogP contribution in [0.3, 0.4) is 0 Å². The number of ether oxygens (including phenoxy) is 1. The van der Waals surface area contributed by atoms with Crippen molar-refractivity contribution in [2.75, 3.05) is 20.2 Å². The minimum Gasteiger partial charge on any atom is -0.496 e. The molecule has 1 amide bonds. The number of aromatic amines is 1. The number of amides is 1. The van der Waals surface area contributed by atoms with Crippen molar-refractivity contribution in [3.05, 3.63) is 30.0 Å². The molecule has 0 aliphatic carbocycles. The summed E-state index contributed by atoms with van der Waals surface area (Å²) in [6.07, 6.45) is 3.44. The highest BCUT2D eigenvalue weighted by Gasteiger charge is 2.20. The van der Waals surface area contributed by atoms with Gasteiger partial charge in [0.2, 0.25) is 0 Å². The number of H-pyrrole nitrogens is 1. The summed E-state index contributed by atoms with van der Waals surface area (Å²) in [4.78, 5) is 17.6. The van der Waals surface area contributed by atoms with Crippen LogP contribution in [-0.2, 0) is 0 Å². The van der Waals surface area contributed by atoms with Gasteiger partial charge < -0.3 is 14.6 Å². The molecule has 1 N–H and O–H groups in total. The topological polar surface area (TPSA) is 45.3 Å². The van der Waals surface area contributed by atoms with E-state index >= 15 is 0 Å². The maximum absolute atomic E-state index is 12.4. The summed E-state index contributed by atoms with van der Waals surface area (Å²) in [6, 6.07) is 7.69. The summed E-state index contributed by atoms with van der Waals surface area (Å²) in [5, 5.41) is 0.963. The number of carbonyl (C=O) groups excluding carboxylic acids is 1. The Morgan fingerprint density at radius 3 is 2.79 bits per heavy atom. The molecule has 2 aromatic rings. The number of aromatic nitrogens is 1. The third-order valence-corrected chi connectivity index (χ3v) is 3.72. The summed E-state index contributed by atoms with van der Waals surface area (Å²) in [7, 11) is 1.65. The molecule has 1 aromatic heterocycles. The summed E-state index contributed by atoms with van der Waals surface area (Å²) < 4.78 is 5.32. The molecular formula is C15H18N2O2. The summed E-state index contributed by atoms with van der Waals surface area (Å²) in [6.45, 7) is 1.73. The minimum atomic E-state index is 0.0953. The number of nitrogens with zero attached hydrogens (tertiary/aromatic N) is 1. The Hall–Kier alpha value is -1.97. The van der Waals surface area contributed by atoms with E-state index in [1.54, 1.807) is 7.11 Å². The fraction of sp³-hybridized carbons (Fsp3) is 0.400. The van der Waals surface area contributed by atoms with Crippen molar-refractivity contribution in [1.29, 1.82) is 0 Å². The Bertz CT molecular complexity index is 597. The predicted octanol–water partition coefficient (Wildman–Crippen LogP) is 2.80. The van der Waals surface area contributed by atoms with E-state index < -0.39 is 0 Å². The molecule has 4 nitrogen and oxygen atoms in total. The van der Waals surface area contributed by atoms with Crippen LogP contribution in [0.2, 0.25) is 0 Å². The summed E-state index contributed by atoms with van der Waals surface area (Å²) in [5.74, 6) is 0.893. The monoisotopic (exact) mass is 258 g/mol. The number of piperidine rings is 1. The molecule has 0 unspecified atom stereocenters. The van der Waals surface area contributed by atoms with E-state index in [4.69, 9.17) is 4.74 Å². The van der Waals surface area contributed by atoms with Crippen LogP contribution in [0.4, 0.5) is 0 Å². The lowest BCUT2D eigenvalue weighted by Crippen LogP contribution is -2.35. The highest BCUT2D eigenvalue weighted by molar-refractivity contribution is 5.99. The van der Waals surface area contributed by atoms with E-state index in [9.17, 15) is 4.79 Å². The number of benzene rings is 1. The van der Waals surface area contributed by atoms with Gasteiger partial charge in [0.15, 0.2) is 0 Å². The molecular weight excluding hydrogens is 240 g/mol. The van der Waals surface area contributed by atoms with Crippen LogP contribution in [0, 0.1) is 0 Å². The van der Waals surface area contributed by atoms with Crippen molar-refractivity contribution in [2.24, 2.45) is 0 Å². The van der Waals surface area contributed by atoms with Gasteiger partial charge in [0.05, 0.1) is 7.11 Å². The van der Waals surface area contributed by atoms with Crippen molar-refractivity contribution >= 4 is 16.8 Å². The quantitative estimate of drug-likeness (QED) is 0.900. The highest BCUT2D eigenvalue weighted by Crippen LogP contribution is 2.26. The Balaban J connectivity index is 1.94. The van der Waals surface area contributed by atoms with E-state index in [2.05, 4.69) is 4.98 Å². The molecule has 19 heavy (non-hydrogen) atoms. The van der Waals surface area contributed by atoms with Crippen molar-refractivity contribution < 1.29 is 9.53 Å². The third-order valence-electron chi connectivity index (χ3n) is 3.72. The first-order valence-corrected chi connectivity index (χ1v) is 6.74. The van der Waals surface area contributed by atoms with Gasteiger partial charge in [-0.05, 0) is 37.5 Å². The standard InChI is InChI=1S/C15H18N2O2/c1-19-14-7-5-6-12-11(14)10-13(16-12)15(18)17-8-3-2-4-9-17/h5-7,10,16H,2-4,8-9H2,1H3. The molecule has 0 atom stereocenters. The average Bonchev–Trinajstić information content (AvgIpc) is 2.91. The molecule has 4 heteroatoms. The van der Waals surface area contributed by atoms with Gasteiger partial charge >= 0.3 is 0 Å². The Morgan fingerprint density at radius 1 is 1.26 bits per heavy atom. The molecule has 0 spiro atoms. The van der Waals surface area contributed by atoms with Crippen molar-refractivity contribution in [2.45, 2.75) is 19.3 Å². The first kappa shape index (κ1) is 12.1. The van der Waals surface area contributed by atoms with Gasteiger partial charge in [0.1, 0.15) is 11.4 Å². The van der Waals surface area contributed by atoms with Crippen LogP contribution in [0.15, 0.2) is 24.3 Å². The van der Waals surface area contributed by atoms with Crippen LogP contribution in [-0.4, -0.2) is 36.0 Å². The molecule has 1 fully saturated rings. The van der Waals surface area contributed by atoms with Gasteiger partial charge in [-0.25, -0.2) is 0 Å². The molecule has 2 heterocycles. The first-order valence-electron chi connectivity index (χ1n) is 6.74. The normalized spacial score (nSPS) is 15.7. The average molecular weight is 258 g/mol. The van der Waals surface area contributed by atoms with Crippen molar-refractivity contribution in [1.82, 2.24) is 9.88 Å². The number of hydrogen-bond donors (Lipinski definition) is 1. The van der Waals surface area contributed by atoms with Crippen LogP contribution >= 0.6 is 0 Å². The zero-order valence-electron chi connectivity index (χ0n) is 11.1. The van der Waals surface area contributed by atoms with E-state index in [1.807, 2.05) is 29.2 Å². The number of hydrogen-bond acceptors (Lipinski definition) is 2. The van der Waals surface area contributed by atoms with E-state index in [0.29, 0.717) is 5.69 Å². The van der Waals surface area contributed by atoms with Gasteiger partial charge in [-0.15, -0.1) is 0 Å². The second-order valence-electron chi connectivity index (χ2n) is 4.96. The molecule has 0 radical (unpaired) electrons. The fourth-order valence-corrected chi connectivity index (χ4v) is 2.69. The summed E-state index contributed by atoms with van der Waals surface area (Å²) in [5.41, 5.74) is 1.60. The number of methoxy groups -OCH3 is 1. The Kier molecular flexibility index (Phi) is 3.15. The number of fused-ring (bicyclic) bond motifs is 1. The van der Waals surface area contributed by atoms with Gasteiger partial charge in [0, 0.05) is 24.0 Å². The molecule has 1 aromatic carbocycles. The lowest BCUT2D eigenvalue weighted by atomic mass is 10.1. The van der Waals surface area contributed by atoms with Crippen LogP contribution in [0.5, 0.6) is 5.75 Å². The Labute approximate surface area is 112 Å². The number of likely N-dealkylation sites (tertiary alicyclic amines) is 1. The van der Waals surface area contributed by atoms with E-state index in [0.717, 1.165) is 42.6 Å². The largest absolute Gasteiger partial charge is 0.496 e. The number of nitrogens with one attached hydrogen (secondary N) is 1. The van der Waals surface area contributed by atoms with Gasteiger partial charge in [-0.1, -0.05) is 6.07 Å². The predicted molar refractivity (Wildman–Crippen MR) is 74.6 cm³/mol. The highest BCUT2D eigenvalue weighted by atomic mass is 16.5. The second kappa shape index (κ2) is 4.96.